The topological polar surface area (TPSA) is 25.0 Å². The molecule has 0 bridgehead atoms. The van der Waals surface area contributed by atoms with Gasteiger partial charge in [-0.05, 0) is 43.3 Å². The van der Waals surface area contributed by atoms with Gasteiger partial charge in [-0.2, -0.15) is 0 Å². The van der Waals surface area contributed by atoms with Gasteiger partial charge in [0.05, 0.1) is 10.2 Å². The van der Waals surface area contributed by atoms with Crippen molar-refractivity contribution in [2.45, 2.75) is 9.79 Å². The highest BCUT2D eigenvalue weighted by Gasteiger charge is 2.55. The van der Waals surface area contributed by atoms with Crippen LogP contribution in [0.3, 0.4) is 0 Å². The number of ether oxygens (including phenoxy) is 1. The third-order valence-corrected chi connectivity index (χ3v) is 20.5. The molecule has 45 heavy (non-hydrogen) atoms. The maximum atomic E-state index is 7.10. The normalized spacial score (nSPS) is 15.1. The van der Waals surface area contributed by atoms with E-state index in [0.29, 0.717) is 0 Å². The summed E-state index contributed by atoms with van der Waals surface area (Å²) < 4.78 is 7.10. The molecule has 0 atom stereocenters. The van der Waals surface area contributed by atoms with E-state index >= 15 is 0 Å². The van der Waals surface area contributed by atoms with Gasteiger partial charge in [-0.3, -0.25) is 0 Å². The zero-order valence-electron chi connectivity index (χ0n) is 24.5. The lowest BCUT2D eigenvalue weighted by molar-refractivity contribution is 0.478. The highest BCUT2D eigenvalue weighted by Crippen LogP contribution is 2.42. The molecule has 1 aromatic heterocycles. The van der Waals surface area contributed by atoms with Crippen molar-refractivity contribution in [3.8, 4) is 11.5 Å². The quantitative estimate of drug-likeness (QED) is 0.294. The lowest BCUT2D eigenvalue weighted by Crippen LogP contribution is -2.79. The van der Waals surface area contributed by atoms with Gasteiger partial charge in [0.15, 0.2) is 5.75 Å². The van der Waals surface area contributed by atoms with Crippen molar-refractivity contribution in [1.82, 2.24) is 4.98 Å². The molecule has 6 aromatic carbocycles. The van der Waals surface area contributed by atoms with Crippen molar-refractivity contribution in [3.63, 3.8) is 0 Å². The van der Waals surface area contributed by atoms with Gasteiger partial charge in [-0.1, -0.05) is 169 Å². The number of hydrogen-bond acceptors (Lipinski definition) is 2. The molecule has 2 nitrogen and oxygen atoms in total. The van der Waals surface area contributed by atoms with Crippen molar-refractivity contribution < 1.29 is 4.74 Å². The Kier molecular flexibility index (Phi) is 6.13. The average Bonchev–Trinajstić information content (AvgIpc) is 3.49. The molecule has 5 heteroatoms. The highest BCUT2D eigenvalue weighted by atomic mass is 32.2. The van der Waals surface area contributed by atoms with Crippen molar-refractivity contribution >= 4 is 69.7 Å². The summed E-state index contributed by atoms with van der Waals surface area (Å²) in [6, 6.07) is 62.4. The van der Waals surface area contributed by atoms with E-state index in [1.807, 2.05) is 11.8 Å². The molecule has 0 fully saturated rings. The van der Waals surface area contributed by atoms with Crippen molar-refractivity contribution in [3.05, 3.63) is 170 Å². The first-order valence-electron chi connectivity index (χ1n) is 15.4. The van der Waals surface area contributed by atoms with E-state index < -0.39 is 16.1 Å². The van der Waals surface area contributed by atoms with E-state index in [0.717, 1.165) is 11.5 Å². The zero-order valence-corrected chi connectivity index (χ0v) is 27.3. The van der Waals surface area contributed by atoms with Crippen molar-refractivity contribution in [2.75, 3.05) is 0 Å². The first kappa shape index (κ1) is 26.6. The SMILES string of the molecule is c1ccc([Si]2(c3ccccc3)c3ccccc3Oc3c2[nH]c2c3Sc3ccccc3[Si]2(c2ccccc2)c2ccccc2)cc1. The van der Waals surface area contributed by atoms with Crippen LogP contribution in [-0.4, -0.2) is 21.1 Å². The monoisotopic (exact) mass is 627 g/mol. The average molecular weight is 628 g/mol. The van der Waals surface area contributed by atoms with Gasteiger partial charge in [0.1, 0.15) is 5.75 Å². The largest absolute Gasteiger partial charge is 0.455 e. The van der Waals surface area contributed by atoms with Gasteiger partial charge >= 0.3 is 0 Å². The second-order valence-electron chi connectivity index (χ2n) is 11.7. The van der Waals surface area contributed by atoms with E-state index in [1.54, 1.807) is 0 Å². The number of nitrogens with one attached hydrogen (secondary N) is 1. The molecule has 2 aliphatic heterocycles. The van der Waals surface area contributed by atoms with Crippen LogP contribution >= 0.6 is 11.8 Å². The molecule has 0 aliphatic carbocycles. The molecule has 1 N–H and O–H groups in total. The predicted molar refractivity (Wildman–Crippen MR) is 192 cm³/mol. The van der Waals surface area contributed by atoms with Crippen LogP contribution in [0.2, 0.25) is 0 Å². The summed E-state index contributed by atoms with van der Waals surface area (Å²) in [6.07, 6.45) is 0. The van der Waals surface area contributed by atoms with Gasteiger partial charge in [0.2, 0.25) is 16.1 Å². The predicted octanol–water partition coefficient (Wildman–Crippen LogP) is 4.34. The van der Waals surface area contributed by atoms with Gasteiger partial charge in [-0.15, -0.1) is 0 Å². The van der Waals surface area contributed by atoms with E-state index in [2.05, 4.69) is 175 Å². The number of aromatic amines is 1. The van der Waals surface area contributed by atoms with Crippen LogP contribution in [0, 0.1) is 0 Å². The number of aromatic nitrogens is 1. The highest BCUT2D eigenvalue weighted by molar-refractivity contribution is 8.00. The fourth-order valence-electron chi connectivity index (χ4n) is 7.69. The van der Waals surface area contributed by atoms with Crippen LogP contribution in [0.25, 0.3) is 0 Å². The van der Waals surface area contributed by atoms with Gasteiger partial charge < -0.3 is 9.72 Å². The van der Waals surface area contributed by atoms with Gasteiger partial charge in [0.25, 0.3) is 0 Å². The third-order valence-electron chi connectivity index (χ3n) is 9.49. The Bertz CT molecular complexity index is 1930. The second-order valence-corrected chi connectivity index (χ2v) is 20.1. The smallest absolute Gasteiger partial charge is 0.207 e. The van der Waals surface area contributed by atoms with Crippen LogP contribution in [0.15, 0.2) is 180 Å². The minimum absolute atomic E-state index is 0.956. The zero-order chi connectivity index (χ0) is 29.8. The summed E-state index contributed by atoms with van der Waals surface area (Å²) in [6.45, 7) is 0. The Hall–Kier alpha value is -4.82. The van der Waals surface area contributed by atoms with E-state index in [1.165, 1.54) is 51.5 Å². The molecule has 0 radical (unpaired) electrons. The molecule has 2 aliphatic rings. The van der Waals surface area contributed by atoms with Gasteiger partial charge in [0, 0.05) is 10.2 Å². The Morgan fingerprint density at radius 1 is 0.422 bits per heavy atom. The Balaban J connectivity index is 1.47. The third kappa shape index (κ3) is 3.69. The number of fused-ring (bicyclic) bond motifs is 5. The minimum Gasteiger partial charge on any atom is -0.455 e. The van der Waals surface area contributed by atoms with Crippen LogP contribution in [-0.2, 0) is 0 Å². The van der Waals surface area contributed by atoms with Crippen LogP contribution in [0.5, 0.6) is 11.5 Å². The molecule has 3 heterocycles. The maximum Gasteiger partial charge on any atom is 0.207 e. The van der Waals surface area contributed by atoms with E-state index in [9.17, 15) is 0 Å². The lowest BCUT2D eigenvalue weighted by atomic mass is 10.3. The van der Waals surface area contributed by atoms with Crippen molar-refractivity contribution in [1.29, 1.82) is 0 Å². The lowest BCUT2D eigenvalue weighted by Gasteiger charge is -2.38. The summed E-state index contributed by atoms with van der Waals surface area (Å²) in [5.41, 5.74) is 0. The fourth-order valence-corrected chi connectivity index (χ4v) is 19.7. The second kappa shape index (κ2) is 10.4. The fraction of sp³-hybridized carbons (Fsp3) is 0. The van der Waals surface area contributed by atoms with Crippen LogP contribution in [0.1, 0.15) is 0 Å². The summed E-state index contributed by atoms with van der Waals surface area (Å²) >= 11 is 1.86. The number of H-pyrrole nitrogens is 1. The minimum atomic E-state index is -2.83. The van der Waals surface area contributed by atoms with Crippen LogP contribution < -0.4 is 46.5 Å². The molecule has 7 aromatic rings. The summed E-state index contributed by atoms with van der Waals surface area (Å²) in [4.78, 5) is 6.82. The molecule has 0 saturated carbocycles. The molecule has 0 spiro atoms. The first-order chi connectivity index (χ1) is 22.3. The molecular formula is C40H29NOSSi2. The molecule has 214 valence electrons. The molecule has 0 saturated heterocycles. The van der Waals surface area contributed by atoms with E-state index in [-0.39, 0.29) is 0 Å². The Morgan fingerprint density at radius 3 is 1.38 bits per heavy atom. The van der Waals surface area contributed by atoms with Crippen molar-refractivity contribution in [2.24, 2.45) is 0 Å². The molecule has 0 unspecified atom stereocenters. The molecule has 9 rings (SSSR count). The molecular weight excluding hydrogens is 599 g/mol. The number of para-hydroxylation sites is 1. The maximum absolute atomic E-state index is 7.10. The standard InChI is InChI=1S/C40H29NOSSi2/c1-5-17-29(18-6-1)44(30-19-7-2-8-20-30)35-27-15-13-25-33(35)42-37-38-40(41-39(37)44)45(31-21-9-3-10-22-31,32-23-11-4-12-24-32)36-28-16-14-26-34(36)43-38/h1-28,41H. The van der Waals surface area contributed by atoms with E-state index in [4.69, 9.17) is 4.74 Å². The summed E-state index contributed by atoms with van der Waals surface area (Å²) in [7, 11) is -5.62. The first-order valence-corrected chi connectivity index (χ1v) is 20.2. The Labute approximate surface area is 269 Å². The summed E-state index contributed by atoms with van der Waals surface area (Å²) in [5.74, 6) is 1.95. The number of rotatable bonds is 4. The number of hydrogen-bond donors (Lipinski definition) is 1. The Morgan fingerprint density at radius 2 is 0.844 bits per heavy atom. The summed E-state index contributed by atoms with van der Waals surface area (Å²) in [5, 5.41) is 10.7. The number of benzene rings is 6. The van der Waals surface area contributed by atoms with Gasteiger partial charge in [-0.25, -0.2) is 0 Å². The van der Waals surface area contributed by atoms with Crippen LogP contribution in [0.4, 0.5) is 0 Å². The molecule has 0 amide bonds.